The van der Waals surface area contributed by atoms with Gasteiger partial charge >= 0.3 is 0 Å². The summed E-state index contributed by atoms with van der Waals surface area (Å²) in [5, 5.41) is 9.10. The number of hydrogen-bond donors (Lipinski definition) is 0. The molecule has 1 rings (SSSR count). The van der Waals surface area contributed by atoms with E-state index in [0.717, 1.165) is 29.9 Å². The molecule has 0 aliphatic heterocycles. The highest BCUT2D eigenvalue weighted by atomic mass is 79.9. The van der Waals surface area contributed by atoms with Gasteiger partial charge in [-0.1, -0.05) is 15.9 Å². The minimum absolute atomic E-state index is 0.682. The monoisotopic (exact) mass is 296 g/mol. The molecule has 4 heteroatoms. The van der Waals surface area contributed by atoms with Crippen LogP contribution in [-0.2, 0) is 4.74 Å². The summed E-state index contributed by atoms with van der Waals surface area (Å²) in [5.41, 5.74) is 1.66. The van der Waals surface area contributed by atoms with Crippen molar-refractivity contribution in [2.75, 3.05) is 31.2 Å². The van der Waals surface area contributed by atoms with Crippen LogP contribution in [0.3, 0.4) is 0 Å². The minimum atomic E-state index is 0.682. The third kappa shape index (κ3) is 4.03. The first-order valence-corrected chi connectivity index (χ1v) is 6.54. The highest BCUT2D eigenvalue weighted by Gasteiger charge is 2.10. The normalized spacial score (nSPS) is 10.0. The van der Waals surface area contributed by atoms with Crippen molar-refractivity contribution < 1.29 is 4.74 Å². The van der Waals surface area contributed by atoms with Crippen LogP contribution in [0.4, 0.5) is 5.69 Å². The zero-order valence-corrected chi connectivity index (χ0v) is 11.8. The molecule has 0 atom stereocenters. The standard InChI is InChI=1S/C13H17BrN2O/c1-3-16(7-8-17-4-2)13-9-12(14)6-5-11(13)10-15/h5-6,9H,3-4,7-8H2,1-2H3. The maximum Gasteiger partial charge on any atom is 0.101 e. The van der Waals surface area contributed by atoms with Crippen LogP contribution in [0.25, 0.3) is 0 Å². The van der Waals surface area contributed by atoms with Gasteiger partial charge in [-0.15, -0.1) is 0 Å². The van der Waals surface area contributed by atoms with Gasteiger partial charge in [0, 0.05) is 24.2 Å². The molecular formula is C13H17BrN2O. The van der Waals surface area contributed by atoms with Gasteiger partial charge in [0.25, 0.3) is 0 Å². The lowest BCUT2D eigenvalue weighted by Gasteiger charge is -2.24. The molecule has 0 radical (unpaired) electrons. The molecule has 92 valence electrons. The highest BCUT2D eigenvalue weighted by Crippen LogP contribution is 2.24. The highest BCUT2D eigenvalue weighted by molar-refractivity contribution is 9.10. The second-order valence-corrected chi connectivity index (χ2v) is 4.47. The third-order valence-electron chi connectivity index (χ3n) is 2.51. The van der Waals surface area contributed by atoms with E-state index >= 15 is 0 Å². The molecular weight excluding hydrogens is 280 g/mol. The Bertz CT molecular complexity index is 401. The van der Waals surface area contributed by atoms with Crippen molar-refractivity contribution >= 4 is 21.6 Å². The van der Waals surface area contributed by atoms with Gasteiger partial charge in [-0.05, 0) is 32.0 Å². The van der Waals surface area contributed by atoms with Gasteiger partial charge in [-0.2, -0.15) is 5.26 Å². The van der Waals surface area contributed by atoms with E-state index in [9.17, 15) is 0 Å². The zero-order valence-electron chi connectivity index (χ0n) is 10.2. The van der Waals surface area contributed by atoms with Crippen molar-refractivity contribution in [2.24, 2.45) is 0 Å². The number of halogens is 1. The average Bonchev–Trinajstić information content (AvgIpc) is 2.35. The van der Waals surface area contributed by atoms with E-state index < -0.39 is 0 Å². The predicted octanol–water partition coefficient (Wildman–Crippen LogP) is 3.18. The van der Waals surface area contributed by atoms with Gasteiger partial charge in [-0.3, -0.25) is 0 Å². The molecule has 0 saturated heterocycles. The number of rotatable bonds is 6. The van der Waals surface area contributed by atoms with E-state index in [1.54, 1.807) is 0 Å². The van der Waals surface area contributed by atoms with Gasteiger partial charge in [0.05, 0.1) is 17.9 Å². The molecule has 17 heavy (non-hydrogen) atoms. The summed E-state index contributed by atoms with van der Waals surface area (Å²) >= 11 is 3.44. The molecule has 0 saturated carbocycles. The first kappa shape index (κ1) is 14.0. The molecule has 0 aliphatic carbocycles. The Kier molecular flexibility index (Phi) is 6.03. The molecule has 1 aromatic carbocycles. The van der Waals surface area contributed by atoms with E-state index in [4.69, 9.17) is 10.00 Å². The summed E-state index contributed by atoms with van der Waals surface area (Å²) in [6.45, 7) is 7.13. The van der Waals surface area contributed by atoms with Crippen molar-refractivity contribution in [3.63, 3.8) is 0 Å². The summed E-state index contributed by atoms with van der Waals surface area (Å²) in [7, 11) is 0. The van der Waals surface area contributed by atoms with E-state index in [2.05, 4.69) is 33.8 Å². The van der Waals surface area contributed by atoms with Gasteiger partial charge in [0.2, 0.25) is 0 Å². The maximum atomic E-state index is 9.10. The molecule has 1 aromatic rings. The molecule has 0 heterocycles. The van der Waals surface area contributed by atoms with Crippen LogP contribution in [0.15, 0.2) is 22.7 Å². The second kappa shape index (κ2) is 7.31. The first-order valence-electron chi connectivity index (χ1n) is 5.75. The number of anilines is 1. The fourth-order valence-corrected chi connectivity index (χ4v) is 1.98. The van der Waals surface area contributed by atoms with E-state index in [-0.39, 0.29) is 0 Å². The summed E-state index contributed by atoms with van der Waals surface area (Å²) < 4.78 is 6.34. The van der Waals surface area contributed by atoms with E-state index in [1.165, 1.54) is 0 Å². The van der Waals surface area contributed by atoms with Gasteiger partial charge in [0.1, 0.15) is 6.07 Å². The topological polar surface area (TPSA) is 36.3 Å². The largest absolute Gasteiger partial charge is 0.380 e. The lowest BCUT2D eigenvalue weighted by atomic mass is 10.1. The smallest absolute Gasteiger partial charge is 0.101 e. The van der Waals surface area contributed by atoms with Crippen molar-refractivity contribution in [3.05, 3.63) is 28.2 Å². The van der Waals surface area contributed by atoms with E-state index in [0.29, 0.717) is 12.2 Å². The van der Waals surface area contributed by atoms with Crippen molar-refractivity contribution in [1.82, 2.24) is 0 Å². The number of nitriles is 1. The molecule has 0 aromatic heterocycles. The van der Waals surface area contributed by atoms with Crippen LogP contribution in [-0.4, -0.2) is 26.3 Å². The Morgan fingerprint density at radius 1 is 1.41 bits per heavy atom. The molecule has 0 amide bonds. The Morgan fingerprint density at radius 2 is 2.18 bits per heavy atom. The lowest BCUT2D eigenvalue weighted by molar-refractivity contribution is 0.154. The summed E-state index contributed by atoms with van der Waals surface area (Å²) in [5.74, 6) is 0. The van der Waals surface area contributed by atoms with Crippen molar-refractivity contribution in [1.29, 1.82) is 5.26 Å². The SMILES string of the molecule is CCOCCN(CC)c1cc(Br)ccc1C#N. The average molecular weight is 297 g/mol. The first-order chi connectivity index (χ1) is 8.22. The summed E-state index contributed by atoms with van der Waals surface area (Å²) in [4.78, 5) is 2.15. The zero-order chi connectivity index (χ0) is 12.7. The quantitative estimate of drug-likeness (QED) is 0.757. The number of ether oxygens (including phenoxy) is 1. The molecule has 0 aliphatic rings. The molecule has 3 nitrogen and oxygen atoms in total. The second-order valence-electron chi connectivity index (χ2n) is 3.55. The fraction of sp³-hybridized carbons (Fsp3) is 0.462. The van der Waals surface area contributed by atoms with Crippen LogP contribution >= 0.6 is 15.9 Å². The van der Waals surface area contributed by atoms with Gasteiger partial charge in [0.15, 0.2) is 0 Å². The molecule has 0 unspecified atom stereocenters. The molecule has 0 spiro atoms. The van der Waals surface area contributed by atoms with Crippen molar-refractivity contribution in [3.8, 4) is 6.07 Å². The molecule has 0 N–H and O–H groups in total. The summed E-state index contributed by atoms with van der Waals surface area (Å²) in [6.07, 6.45) is 0. The predicted molar refractivity (Wildman–Crippen MR) is 73.2 cm³/mol. The number of likely N-dealkylation sites (N-methyl/N-ethyl adjacent to an activating group) is 1. The van der Waals surface area contributed by atoms with Crippen LogP contribution < -0.4 is 4.90 Å². The minimum Gasteiger partial charge on any atom is -0.380 e. The third-order valence-corrected chi connectivity index (χ3v) is 3.01. The van der Waals surface area contributed by atoms with Gasteiger partial charge < -0.3 is 9.64 Å². The number of nitrogens with zero attached hydrogens (tertiary/aromatic N) is 2. The molecule has 0 fully saturated rings. The van der Waals surface area contributed by atoms with Crippen LogP contribution in [0.5, 0.6) is 0 Å². The Balaban J connectivity index is 2.86. The van der Waals surface area contributed by atoms with Crippen LogP contribution in [0, 0.1) is 11.3 Å². The Morgan fingerprint density at radius 3 is 2.76 bits per heavy atom. The Labute approximate surface area is 111 Å². The van der Waals surface area contributed by atoms with Crippen LogP contribution in [0.2, 0.25) is 0 Å². The van der Waals surface area contributed by atoms with Crippen LogP contribution in [0.1, 0.15) is 19.4 Å². The number of benzene rings is 1. The lowest BCUT2D eigenvalue weighted by Crippen LogP contribution is -2.27. The van der Waals surface area contributed by atoms with E-state index in [1.807, 2.05) is 25.1 Å². The Hall–Kier alpha value is -1.05. The number of hydrogen-bond acceptors (Lipinski definition) is 3. The fourth-order valence-electron chi connectivity index (χ4n) is 1.63. The van der Waals surface area contributed by atoms with Gasteiger partial charge in [-0.25, -0.2) is 0 Å². The van der Waals surface area contributed by atoms with Crippen molar-refractivity contribution in [2.45, 2.75) is 13.8 Å². The maximum absolute atomic E-state index is 9.10. The summed E-state index contributed by atoms with van der Waals surface area (Å²) in [6, 6.07) is 7.93. The molecule has 0 bridgehead atoms.